The first-order valence-electron chi connectivity index (χ1n) is 8.57. The molecule has 154 valence electrons. The maximum atomic E-state index is 14.6. The van der Waals surface area contributed by atoms with E-state index in [1.807, 2.05) is 0 Å². The van der Waals surface area contributed by atoms with Crippen LogP contribution in [-0.4, -0.2) is 33.4 Å². The lowest BCUT2D eigenvalue weighted by molar-refractivity contribution is 0.151. The minimum Gasteiger partial charge on any atom is -0.311 e. The van der Waals surface area contributed by atoms with Gasteiger partial charge in [-0.05, 0) is 43.1 Å². The number of halogens is 4. The molecule has 0 amide bonds. The van der Waals surface area contributed by atoms with E-state index in [4.69, 9.17) is 4.18 Å². The van der Waals surface area contributed by atoms with Crippen molar-refractivity contribution in [3.8, 4) is 0 Å². The van der Waals surface area contributed by atoms with Crippen molar-refractivity contribution in [3.63, 3.8) is 0 Å². The van der Waals surface area contributed by atoms with E-state index in [1.54, 1.807) is 0 Å². The van der Waals surface area contributed by atoms with Gasteiger partial charge in [-0.3, -0.25) is 4.18 Å². The normalized spacial score (nSPS) is 19.1. The number of nitrogens with one attached hydrogen (secondary N) is 1. The summed E-state index contributed by atoms with van der Waals surface area (Å²) in [4.78, 5) is 0. The van der Waals surface area contributed by atoms with E-state index in [0.29, 0.717) is 18.5 Å². The molecule has 0 bridgehead atoms. The molecule has 0 saturated carbocycles. The highest BCUT2D eigenvalue weighted by Gasteiger charge is 2.38. The zero-order valence-corrected chi connectivity index (χ0v) is 16.7. The highest BCUT2D eigenvalue weighted by Crippen LogP contribution is 2.36. The summed E-state index contributed by atoms with van der Waals surface area (Å²) >= 11 is 0. The first-order chi connectivity index (χ1) is 12.8. The fourth-order valence-electron chi connectivity index (χ4n) is 3.53. The van der Waals surface area contributed by atoms with Gasteiger partial charge < -0.3 is 5.32 Å². The Bertz CT molecular complexity index is 903. The fraction of sp³-hybridized carbons (Fsp3) is 0.368. The summed E-state index contributed by atoms with van der Waals surface area (Å²) in [6, 6.07) is 8.59. The quantitative estimate of drug-likeness (QED) is 0.702. The lowest BCUT2D eigenvalue weighted by atomic mass is 9.82. The molecule has 2 aromatic carbocycles. The molecule has 0 spiro atoms. The average Bonchev–Trinajstić information content (AvgIpc) is 3.13. The average molecular weight is 436 g/mol. The van der Waals surface area contributed by atoms with E-state index in [9.17, 15) is 21.6 Å². The molecule has 3 rings (SSSR count). The van der Waals surface area contributed by atoms with Crippen LogP contribution in [0.15, 0.2) is 42.5 Å². The summed E-state index contributed by atoms with van der Waals surface area (Å²) in [5.74, 6) is -3.55. The molecule has 0 aliphatic carbocycles. The van der Waals surface area contributed by atoms with Crippen LogP contribution in [0.25, 0.3) is 0 Å². The zero-order valence-electron chi connectivity index (χ0n) is 15.1. The van der Waals surface area contributed by atoms with Crippen LogP contribution in [0.5, 0.6) is 0 Å². The Morgan fingerprint density at radius 3 is 2.36 bits per heavy atom. The van der Waals surface area contributed by atoms with E-state index in [2.05, 4.69) is 5.32 Å². The second-order valence-electron chi connectivity index (χ2n) is 6.64. The van der Waals surface area contributed by atoms with Gasteiger partial charge in [0.05, 0.1) is 6.26 Å². The Kier molecular flexibility index (Phi) is 7.50. The van der Waals surface area contributed by atoms with Gasteiger partial charge in [-0.1, -0.05) is 24.3 Å². The van der Waals surface area contributed by atoms with Crippen molar-refractivity contribution in [2.24, 2.45) is 0 Å². The van der Waals surface area contributed by atoms with Gasteiger partial charge in [-0.25, -0.2) is 13.2 Å². The highest BCUT2D eigenvalue weighted by molar-refractivity contribution is 7.86. The van der Waals surface area contributed by atoms with E-state index in [0.717, 1.165) is 18.7 Å². The Labute approximate surface area is 168 Å². The van der Waals surface area contributed by atoms with Crippen LogP contribution in [0, 0.1) is 17.5 Å². The van der Waals surface area contributed by atoms with Crippen LogP contribution < -0.4 is 5.32 Å². The second-order valence-corrected chi connectivity index (χ2v) is 8.24. The van der Waals surface area contributed by atoms with E-state index in [-0.39, 0.29) is 24.0 Å². The van der Waals surface area contributed by atoms with Crippen LogP contribution in [0.2, 0.25) is 0 Å². The van der Waals surface area contributed by atoms with Gasteiger partial charge in [0.2, 0.25) is 0 Å². The molecular formula is C19H21ClF3NO3S. The minimum absolute atomic E-state index is 0. The van der Waals surface area contributed by atoms with E-state index >= 15 is 0 Å². The predicted octanol–water partition coefficient (Wildman–Crippen LogP) is 3.75. The van der Waals surface area contributed by atoms with Gasteiger partial charge in [0.15, 0.2) is 11.6 Å². The smallest absolute Gasteiger partial charge is 0.264 e. The van der Waals surface area contributed by atoms with Crippen molar-refractivity contribution in [2.45, 2.75) is 30.9 Å². The summed E-state index contributed by atoms with van der Waals surface area (Å²) in [5.41, 5.74) is 0.396. The molecule has 0 unspecified atom stereocenters. The Balaban J connectivity index is 0.00000280. The molecule has 0 radical (unpaired) electrons. The molecular weight excluding hydrogens is 415 g/mol. The van der Waals surface area contributed by atoms with Crippen molar-refractivity contribution < 1.29 is 25.8 Å². The summed E-state index contributed by atoms with van der Waals surface area (Å²) in [7, 11) is -3.88. The van der Waals surface area contributed by atoms with E-state index < -0.39 is 39.6 Å². The standard InChI is InChI=1S/C19H20F3NO3S.ClH/c1-27(24,25)26-19(16-6-3-11-23-16)17(12-7-9-13(20)10-8-12)14-4-2-5-15(21)18(14)22;/h2,4-5,7-10,16-17,19,23H,3,6,11H2,1H3;1H/t16-,17-,19+;/m1./s1. The Morgan fingerprint density at radius 1 is 1.11 bits per heavy atom. The molecule has 1 saturated heterocycles. The number of benzene rings is 2. The largest absolute Gasteiger partial charge is 0.311 e. The summed E-state index contributed by atoms with van der Waals surface area (Å²) in [6.45, 7) is 0.663. The maximum absolute atomic E-state index is 14.6. The van der Waals surface area contributed by atoms with Crippen LogP contribution >= 0.6 is 12.4 Å². The summed E-state index contributed by atoms with van der Waals surface area (Å²) in [5, 5.41) is 3.17. The number of hydrogen-bond acceptors (Lipinski definition) is 4. The van der Waals surface area contributed by atoms with Crippen LogP contribution in [-0.2, 0) is 14.3 Å². The second kappa shape index (κ2) is 9.26. The van der Waals surface area contributed by atoms with Gasteiger partial charge in [0.25, 0.3) is 10.1 Å². The topological polar surface area (TPSA) is 55.4 Å². The van der Waals surface area contributed by atoms with Gasteiger partial charge in [0, 0.05) is 17.5 Å². The third-order valence-electron chi connectivity index (χ3n) is 4.66. The minimum atomic E-state index is -3.88. The van der Waals surface area contributed by atoms with Crippen molar-refractivity contribution in [1.29, 1.82) is 0 Å². The molecule has 1 heterocycles. The molecule has 1 aliphatic heterocycles. The van der Waals surface area contributed by atoms with Crippen LogP contribution in [0.4, 0.5) is 13.2 Å². The lowest BCUT2D eigenvalue weighted by Gasteiger charge is -2.32. The van der Waals surface area contributed by atoms with Crippen molar-refractivity contribution >= 4 is 22.5 Å². The van der Waals surface area contributed by atoms with Crippen molar-refractivity contribution in [2.75, 3.05) is 12.8 Å². The number of hydrogen-bond donors (Lipinski definition) is 1. The van der Waals surface area contributed by atoms with Gasteiger partial charge in [0.1, 0.15) is 11.9 Å². The SMILES string of the molecule is CS(=O)(=O)O[C@H]([C@H](c1ccc(F)cc1)c1cccc(F)c1F)[C@H]1CCCN1.Cl. The Hall–Kier alpha value is -1.61. The molecule has 2 aromatic rings. The van der Waals surface area contributed by atoms with Gasteiger partial charge in [-0.2, -0.15) is 8.42 Å². The first-order valence-corrected chi connectivity index (χ1v) is 10.4. The first kappa shape index (κ1) is 22.7. The van der Waals surface area contributed by atoms with E-state index in [1.165, 1.54) is 36.4 Å². The highest BCUT2D eigenvalue weighted by atomic mass is 35.5. The third kappa shape index (κ3) is 5.26. The summed E-state index contributed by atoms with van der Waals surface area (Å²) in [6.07, 6.45) is 1.33. The zero-order chi connectivity index (χ0) is 19.6. The molecule has 0 aromatic heterocycles. The molecule has 1 fully saturated rings. The molecule has 28 heavy (non-hydrogen) atoms. The predicted molar refractivity (Wildman–Crippen MR) is 103 cm³/mol. The Morgan fingerprint density at radius 2 is 1.79 bits per heavy atom. The molecule has 1 aliphatic rings. The molecule has 9 heteroatoms. The van der Waals surface area contributed by atoms with Crippen molar-refractivity contribution in [3.05, 3.63) is 71.0 Å². The lowest BCUT2D eigenvalue weighted by Crippen LogP contribution is -2.42. The molecule has 3 atom stereocenters. The maximum Gasteiger partial charge on any atom is 0.264 e. The molecule has 1 N–H and O–H groups in total. The number of rotatable bonds is 6. The summed E-state index contributed by atoms with van der Waals surface area (Å²) < 4.78 is 71.0. The van der Waals surface area contributed by atoms with Crippen LogP contribution in [0.1, 0.15) is 29.9 Å². The van der Waals surface area contributed by atoms with Crippen LogP contribution in [0.3, 0.4) is 0 Å². The van der Waals surface area contributed by atoms with Crippen molar-refractivity contribution in [1.82, 2.24) is 5.32 Å². The monoisotopic (exact) mass is 435 g/mol. The fourth-order valence-corrected chi connectivity index (χ4v) is 4.17. The molecule has 4 nitrogen and oxygen atoms in total. The van der Waals surface area contributed by atoms with Gasteiger partial charge >= 0.3 is 0 Å². The van der Waals surface area contributed by atoms with Gasteiger partial charge in [-0.15, -0.1) is 12.4 Å². The third-order valence-corrected chi connectivity index (χ3v) is 5.23.